The van der Waals surface area contributed by atoms with Gasteiger partial charge in [-0.3, -0.25) is 0 Å². The topological polar surface area (TPSA) is 0 Å². The molecule has 0 spiro atoms. The van der Waals surface area contributed by atoms with E-state index >= 15 is 0 Å². The maximum absolute atomic E-state index is 2.58. The molecule has 0 nitrogen and oxygen atoms in total. The van der Waals surface area contributed by atoms with E-state index < -0.39 is 30.1 Å². The van der Waals surface area contributed by atoms with Gasteiger partial charge in [-0.25, -0.2) is 0 Å². The van der Waals surface area contributed by atoms with Crippen molar-refractivity contribution in [1.82, 2.24) is 0 Å². The van der Waals surface area contributed by atoms with Crippen molar-refractivity contribution < 1.29 is 0 Å². The molecule has 0 bridgehead atoms. The highest BCUT2D eigenvalue weighted by Crippen LogP contribution is 2.64. The SMILES string of the molecule is c1ccc(-c2cc(-c3c4cccc(-c5cccc6c5c5ccccc5p6-c5ccccc5)c4cc4c(-c5cccc6c5c5ccccc5p6-c5cccc(-c6ccc(-c7cc(-c8c9cccc(-c%10cccc%11c%12ccccc%12p(-c%12ccccc%12)c%10%11)c9cc9c(-c%10cccc%11c%12ccccc%12p(-c%12ccccc%12)c%10%11)cccc89)cc8ccccc78)cc6)c5)cccc34)cc3ccccc23)cc1. The molecule has 0 aliphatic heterocycles. The largest absolute Gasteiger partial charge is 0.0772 e. The summed E-state index contributed by atoms with van der Waals surface area (Å²) in [6.45, 7) is 0. The molecule has 0 amide bonds. The lowest BCUT2D eigenvalue weighted by Crippen LogP contribution is -1.92. The van der Waals surface area contributed by atoms with Crippen LogP contribution in [0.25, 0.3) is 270 Å². The Morgan fingerprint density at radius 1 is 0.118 bits per heavy atom. The van der Waals surface area contributed by atoms with Gasteiger partial charge in [-0.05, 0) is 273 Å². The minimum Gasteiger partial charge on any atom is -0.0772 e. The number of rotatable bonds is 13. The van der Waals surface area contributed by atoms with E-state index in [1.807, 2.05) is 0 Å². The van der Waals surface area contributed by atoms with E-state index in [2.05, 4.69) is 497 Å². The number of benzene rings is 24. The lowest BCUT2D eigenvalue weighted by atomic mass is 9.84. The Bertz CT molecular complexity index is 9620. The fourth-order valence-corrected chi connectivity index (χ4v) is 34.3. The van der Waals surface area contributed by atoms with Crippen molar-refractivity contribution in [3.05, 3.63) is 497 Å². The average molecular weight is 1790 g/mol. The van der Waals surface area contributed by atoms with Gasteiger partial charge in [-0.1, -0.05) is 473 Å². The van der Waals surface area contributed by atoms with Crippen LogP contribution in [0, 0.1) is 0 Å². The third kappa shape index (κ3) is 12.3. The molecular weight excluding hydrogens is 1710 g/mol. The summed E-state index contributed by atoms with van der Waals surface area (Å²) in [6, 6.07) is 191. The van der Waals surface area contributed by atoms with Gasteiger partial charge in [0.25, 0.3) is 0 Å². The molecule has 630 valence electrons. The summed E-state index contributed by atoms with van der Waals surface area (Å²) in [7, 11) is -3.57. The minimum absolute atomic E-state index is 0.787. The number of fused-ring (bicyclic) bond motifs is 18. The molecule has 0 saturated carbocycles. The Hall–Kier alpha value is -16.0. The van der Waals surface area contributed by atoms with Gasteiger partial charge in [0, 0.05) is 51.7 Å². The van der Waals surface area contributed by atoms with E-state index in [4.69, 9.17) is 0 Å². The van der Waals surface area contributed by atoms with Gasteiger partial charge in [0.1, 0.15) is 0 Å². The molecule has 0 aliphatic carbocycles. The highest BCUT2D eigenvalue weighted by Gasteiger charge is 2.29. The van der Waals surface area contributed by atoms with E-state index in [0.717, 1.165) is 0 Å². The van der Waals surface area contributed by atoms with Crippen molar-refractivity contribution >= 4 is 179 Å². The van der Waals surface area contributed by atoms with Crippen LogP contribution >= 0.6 is 30.1 Å². The Morgan fingerprint density at radius 3 is 0.831 bits per heavy atom. The van der Waals surface area contributed by atoms with Crippen molar-refractivity contribution in [2.75, 3.05) is 0 Å². The quantitative estimate of drug-likeness (QED) is 0.101. The van der Waals surface area contributed by atoms with Gasteiger partial charge < -0.3 is 0 Å². The molecule has 0 radical (unpaired) electrons. The van der Waals surface area contributed by atoms with E-state index in [0.29, 0.717) is 0 Å². The Kier molecular flexibility index (Phi) is 18.5. The summed E-state index contributed by atoms with van der Waals surface area (Å²) < 4.78 is 0. The Labute approximate surface area is 791 Å². The zero-order chi connectivity index (χ0) is 89.2. The minimum atomic E-state index is -1.01. The van der Waals surface area contributed by atoms with E-state index in [1.54, 1.807) is 0 Å². The van der Waals surface area contributed by atoms with Crippen LogP contribution < -0.4 is 0 Å². The summed E-state index contributed by atoms with van der Waals surface area (Å²) >= 11 is 0. The molecule has 4 heterocycles. The first-order valence-electron chi connectivity index (χ1n) is 47.1. The standard InChI is InChI=1S/C132H82P4/c1-5-34-84(35-6-1)115-79-89(76-87-36-13-15-46-95(87)115)127-105-56-26-52-97(103-60-32-70-125-129(103)113-50-19-23-68-123(113)133(125)91-39-7-2-8-40-91)117(105)81-118-98(53-27-57-106(118)127)104-61-33-71-126-130(104)114-51-20-24-69-124(114)134(126)94-45-25-38-86(78-94)83-72-74-85(75-73-83)116-80-90(77-88-37-14-16-47-96(88)116)128-107-58-28-54-99(109-62-30-64-111-101-48-17-21-66-121(101)135(131(109)111)92-41-9-3-10-42-92)119(107)82-120-100(55-29-59-108(120)128)110-63-31-65-112-102-49-18-22-67-122(102)136(132(110)112)93-43-11-4-12-44-93/h1-82H. The molecule has 0 aliphatic rings. The molecule has 4 aromatic heterocycles. The second kappa shape index (κ2) is 31.9. The number of hydrogen-bond acceptors (Lipinski definition) is 0. The molecule has 4 heteroatoms. The molecular formula is C132H82P4. The summed E-state index contributed by atoms with van der Waals surface area (Å²) in [5.74, 6) is 0. The first kappa shape index (κ1) is 78.7. The number of hydrogen-bond donors (Lipinski definition) is 0. The fourth-order valence-electron chi connectivity index (χ4n) is 23.4. The normalized spacial score (nSPS) is 12.5. The third-order valence-corrected chi connectivity index (χ3v) is 39.4. The lowest BCUT2D eigenvalue weighted by Gasteiger charge is -2.20. The van der Waals surface area contributed by atoms with Crippen molar-refractivity contribution in [3.63, 3.8) is 0 Å². The van der Waals surface area contributed by atoms with E-state index in [9.17, 15) is 0 Å². The summed E-state index contributed by atoms with van der Waals surface area (Å²) in [4.78, 5) is 0. The molecule has 4 unspecified atom stereocenters. The molecule has 28 aromatic rings. The van der Waals surface area contributed by atoms with Gasteiger partial charge in [0.2, 0.25) is 0 Å². The molecule has 24 aromatic carbocycles. The molecule has 0 fully saturated rings. The predicted molar refractivity (Wildman–Crippen MR) is 597 cm³/mol. The maximum atomic E-state index is 2.58. The van der Waals surface area contributed by atoms with Crippen LogP contribution in [-0.4, -0.2) is 0 Å². The van der Waals surface area contributed by atoms with Gasteiger partial charge in [0.05, 0.1) is 0 Å². The zero-order valence-electron chi connectivity index (χ0n) is 74.1. The second-order valence-corrected chi connectivity index (χ2v) is 44.8. The van der Waals surface area contributed by atoms with Gasteiger partial charge in [-0.15, -0.1) is 0 Å². The van der Waals surface area contributed by atoms with Crippen LogP contribution in [-0.2, 0) is 0 Å². The third-order valence-electron chi connectivity index (χ3n) is 29.1. The maximum Gasteiger partial charge on any atom is 0.0147 e. The first-order chi connectivity index (χ1) is 67.5. The van der Waals surface area contributed by atoms with E-state index in [1.165, 1.54) is 270 Å². The highest BCUT2D eigenvalue weighted by molar-refractivity contribution is 7.69. The Morgan fingerprint density at radius 2 is 0.397 bits per heavy atom. The molecule has 28 rings (SSSR count). The highest BCUT2D eigenvalue weighted by atomic mass is 31.1. The smallest absolute Gasteiger partial charge is 0.0147 e. The van der Waals surface area contributed by atoms with Gasteiger partial charge >= 0.3 is 0 Å². The average Bonchev–Trinajstić information content (AvgIpc) is 1.40. The van der Waals surface area contributed by atoms with Gasteiger partial charge in [-0.2, -0.15) is 0 Å². The monoisotopic (exact) mass is 1790 g/mol. The van der Waals surface area contributed by atoms with Crippen LogP contribution in [0.15, 0.2) is 497 Å². The summed E-state index contributed by atoms with van der Waals surface area (Å²) in [5.41, 5.74) is 22.1. The van der Waals surface area contributed by atoms with E-state index in [-0.39, 0.29) is 0 Å². The molecule has 4 atom stereocenters. The van der Waals surface area contributed by atoms with Crippen LogP contribution in [0.2, 0.25) is 0 Å². The Balaban J connectivity index is 0.606. The zero-order valence-corrected chi connectivity index (χ0v) is 77.7. The first-order valence-corrected chi connectivity index (χ1v) is 52.5. The second-order valence-electron chi connectivity index (χ2n) is 36.3. The van der Waals surface area contributed by atoms with Crippen LogP contribution in [0.3, 0.4) is 0 Å². The van der Waals surface area contributed by atoms with Crippen molar-refractivity contribution in [1.29, 1.82) is 0 Å². The summed E-state index contributed by atoms with van der Waals surface area (Å²) in [6.07, 6.45) is 0. The fraction of sp³-hybridized carbons (Fsp3) is 0. The van der Waals surface area contributed by atoms with Crippen LogP contribution in [0.1, 0.15) is 0 Å². The molecule has 136 heavy (non-hydrogen) atoms. The van der Waals surface area contributed by atoms with Gasteiger partial charge in [0.15, 0.2) is 0 Å². The molecule has 0 N–H and O–H groups in total. The van der Waals surface area contributed by atoms with Crippen molar-refractivity contribution in [3.8, 4) is 121 Å². The van der Waals surface area contributed by atoms with Crippen LogP contribution in [0.4, 0.5) is 0 Å². The van der Waals surface area contributed by atoms with Crippen molar-refractivity contribution in [2.45, 2.75) is 0 Å². The predicted octanol–water partition coefficient (Wildman–Crippen LogP) is 40.7. The van der Waals surface area contributed by atoms with Crippen LogP contribution in [0.5, 0.6) is 0 Å². The molecule has 0 saturated heterocycles. The van der Waals surface area contributed by atoms with Crippen molar-refractivity contribution in [2.24, 2.45) is 0 Å². The summed E-state index contributed by atoms with van der Waals surface area (Å²) in [5, 5.41) is 42.1. The lowest BCUT2D eigenvalue weighted by molar-refractivity contribution is 1.61.